The molecule has 2 aromatic rings. The summed E-state index contributed by atoms with van der Waals surface area (Å²) in [6, 6.07) is 16.8. The topological polar surface area (TPSA) is 9.23 Å². The number of benzene rings is 2. The third-order valence-electron chi connectivity index (χ3n) is 3.83. The summed E-state index contributed by atoms with van der Waals surface area (Å²) in [5.41, 5.74) is 6.30. The lowest BCUT2D eigenvalue weighted by Crippen LogP contribution is -1.99. The maximum Gasteiger partial charge on any atom is 0.119 e. The van der Waals surface area contributed by atoms with Gasteiger partial charge < -0.3 is 4.74 Å². The third kappa shape index (κ3) is 2.05. The molecule has 1 aliphatic carbocycles. The highest BCUT2D eigenvalue weighted by molar-refractivity contribution is 5.93. The Balaban J connectivity index is 2.13. The minimum absolute atomic E-state index is 0.276. The molecule has 0 bridgehead atoms. The van der Waals surface area contributed by atoms with Gasteiger partial charge in [0.2, 0.25) is 0 Å². The van der Waals surface area contributed by atoms with E-state index in [1.165, 1.54) is 27.8 Å². The first-order chi connectivity index (χ1) is 9.70. The van der Waals surface area contributed by atoms with Crippen molar-refractivity contribution in [1.29, 1.82) is 0 Å². The number of allylic oxidation sites excluding steroid dienone is 2. The molecule has 0 heterocycles. The Kier molecular flexibility index (Phi) is 3.19. The fourth-order valence-electron chi connectivity index (χ4n) is 2.90. The molecule has 1 atom stereocenters. The van der Waals surface area contributed by atoms with Crippen molar-refractivity contribution in [3.63, 3.8) is 0 Å². The first-order valence-electron chi connectivity index (χ1n) is 6.81. The van der Waals surface area contributed by atoms with Gasteiger partial charge in [-0.1, -0.05) is 48.6 Å². The van der Waals surface area contributed by atoms with Gasteiger partial charge in [0.15, 0.2) is 0 Å². The highest BCUT2D eigenvalue weighted by atomic mass is 16.5. The van der Waals surface area contributed by atoms with Crippen LogP contribution in [0.4, 0.5) is 0 Å². The molecular formula is C19H18O. The van der Waals surface area contributed by atoms with Crippen LogP contribution in [0.2, 0.25) is 0 Å². The molecule has 0 aromatic heterocycles. The van der Waals surface area contributed by atoms with Crippen molar-refractivity contribution in [1.82, 2.24) is 0 Å². The molecule has 0 spiro atoms. The van der Waals surface area contributed by atoms with Gasteiger partial charge in [0, 0.05) is 5.92 Å². The van der Waals surface area contributed by atoms with Gasteiger partial charge in [0.1, 0.15) is 5.75 Å². The lowest BCUT2D eigenvalue weighted by atomic mass is 9.86. The summed E-state index contributed by atoms with van der Waals surface area (Å²) >= 11 is 0. The molecule has 0 radical (unpaired) electrons. The number of hydrogen-bond acceptors (Lipinski definition) is 1. The number of methoxy groups -OCH3 is 1. The van der Waals surface area contributed by atoms with Crippen LogP contribution in [0.15, 0.2) is 60.7 Å². The van der Waals surface area contributed by atoms with Crippen molar-refractivity contribution in [2.24, 2.45) is 0 Å². The molecule has 1 unspecified atom stereocenters. The van der Waals surface area contributed by atoms with Crippen LogP contribution >= 0.6 is 0 Å². The standard InChI is InChI=1S/C19H18O/c1-13(2)19-17-10-9-16(20-3)11-15(17)12-18(19)14-7-5-4-6-8-14/h4-12,19H,1H2,2-3H3. The van der Waals surface area contributed by atoms with E-state index < -0.39 is 0 Å². The molecule has 0 fully saturated rings. The van der Waals surface area contributed by atoms with Crippen molar-refractivity contribution in [3.8, 4) is 5.75 Å². The second-order valence-electron chi connectivity index (χ2n) is 5.24. The highest BCUT2D eigenvalue weighted by Crippen LogP contribution is 2.46. The molecule has 2 aromatic carbocycles. The quantitative estimate of drug-likeness (QED) is 0.714. The van der Waals surface area contributed by atoms with E-state index in [-0.39, 0.29) is 5.92 Å². The summed E-state index contributed by atoms with van der Waals surface area (Å²) in [4.78, 5) is 0. The Bertz CT molecular complexity index is 680. The van der Waals surface area contributed by atoms with Crippen molar-refractivity contribution in [3.05, 3.63) is 77.4 Å². The van der Waals surface area contributed by atoms with Crippen LogP contribution in [0.3, 0.4) is 0 Å². The Hall–Kier alpha value is -2.28. The van der Waals surface area contributed by atoms with Crippen LogP contribution in [-0.4, -0.2) is 7.11 Å². The molecule has 1 heteroatoms. The number of hydrogen-bond donors (Lipinski definition) is 0. The largest absolute Gasteiger partial charge is 0.497 e. The van der Waals surface area contributed by atoms with E-state index in [0.29, 0.717) is 0 Å². The van der Waals surface area contributed by atoms with E-state index in [2.05, 4.69) is 56.0 Å². The fraction of sp³-hybridized carbons (Fsp3) is 0.158. The van der Waals surface area contributed by atoms with Gasteiger partial charge in [-0.05, 0) is 47.4 Å². The summed E-state index contributed by atoms with van der Waals surface area (Å²) in [6.07, 6.45) is 2.26. The molecule has 100 valence electrons. The van der Waals surface area contributed by atoms with Gasteiger partial charge in [-0.3, -0.25) is 0 Å². The lowest BCUT2D eigenvalue weighted by molar-refractivity contribution is 0.414. The molecule has 0 N–H and O–H groups in total. The Morgan fingerprint density at radius 1 is 1.10 bits per heavy atom. The van der Waals surface area contributed by atoms with E-state index in [1.807, 2.05) is 12.1 Å². The summed E-state index contributed by atoms with van der Waals surface area (Å²) < 4.78 is 5.32. The van der Waals surface area contributed by atoms with Crippen LogP contribution < -0.4 is 4.74 Å². The van der Waals surface area contributed by atoms with Crippen LogP contribution in [0.1, 0.15) is 29.5 Å². The van der Waals surface area contributed by atoms with Gasteiger partial charge in [-0.25, -0.2) is 0 Å². The van der Waals surface area contributed by atoms with Crippen LogP contribution in [-0.2, 0) is 0 Å². The van der Waals surface area contributed by atoms with Crippen LogP contribution in [0.5, 0.6) is 5.75 Å². The Labute approximate surface area is 120 Å². The molecule has 3 rings (SSSR count). The van der Waals surface area contributed by atoms with E-state index in [0.717, 1.165) is 5.75 Å². The summed E-state index contributed by atoms with van der Waals surface area (Å²) in [5, 5.41) is 0. The molecule has 1 nitrogen and oxygen atoms in total. The predicted molar refractivity (Wildman–Crippen MR) is 84.9 cm³/mol. The van der Waals surface area contributed by atoms with Crippen LogP contribution in [0, 0.1) is 0 Å². The Morgan fingerprint density at radius 2 is 1.85 bits per heavy atom. The van der Waals surface area contributed by atoms with E-state index in [9.17, 15) is 0 Å². The van der Waals surface area contributed by atoms with Gasteiger partial charge >= 0.3 is 0 Å². The highest BCUT2D eigenvalue weighted by Gasteiger charge is 2.26. The SMILES string of the molecule is C=C(C)C1C(c2ccccc2)=Cc2cc(OC)ccc21. The fourth-order valence-corrected chi connectivity index (χ4v) is 2.90. The Morgan fingerprint density at radius 3 is 2.50 bits per heavy atom. The van der Waals surface area contributed by atoms with Gasteiger partial charge in [0.05, 0.1) is 7.11 Å². The van der Waals surface area contributed by atoms with Crippen LogP contribution in [0.25, 0.3) is 11.6 Å². The molecule has 1 aliphatic rings. The molecule has 0 amide bonds. The minimum atomic E-state index is 0.276. The molecule has 0 aliphatic heterocycles. The minimum Gasteiger partial charge on any atom is -0.497 e. The average Bonchev–Trinajstić information content (AvgIpc) is 2.86. The van der Waals surface area contributed by atoms with E-state index in [1.54, 1.807) is 7.11 Å². The zero-order valence-corrected chi connectivity index (χ0v) is 11.9. The lowest BCUT2D eigenvalue weighted by Gasteiger charge is -2.17. The van der Waals surface area contributed by atoms with Crippen molar-refractivity contribution >= 4 is 11.6 Å². The number of rotatable bonds is 3. The smallest absolute Gasteiger partial charge is 0.119 e. The second kappa shape index (κ2) is 5.01. The zero-order chi connectivity index (χ0) is 14.1. The number of ether oxygens (including phenoxy) is 1. The number of fused-ring (bicyclic) bond motifs is 1. The molecular weight excluding hydrogens is 244 g/mol. The summed E-state index contributed by atoms with van der Waals surface area (Å²) in [5.74, 6) is 1.17. The maximum atomic E-state index is 5.32. The van der Waals surface area contributed by atoms with E-state index >= 15 is 0 Å². The molecule has 0 saturated carbocycles. The molecule has 0 saturated heterocycles. The maximum absolute atomic E-state index is 5.32. The zero-order valence-electron chi connectivity index (χ0n) is 11.9. The average molecular weight is 262 g/mol. The van der Waals surface area contributed by atoms with Crippen molar-refractivity contribution in [2.75, 3.05) is 7.11 Å². The summed E-state index contributed by atoms with van der Waals surface area (Å²) in [6.45, 7) is 6.28. The third-order valence-corrected chi connectivity index (χ3v) is 3.83. The van der Waals surface area contributed by atoms with Gasteiger partial charge in [-0.2, -0.15) is 0 Å². The second-order valence-corrected chi connectivity index (χ2v) is 5.24. The summed E-state index contributed by atoms with van der Waals surface area (Å²) in [7, 11) is 1.70. The van der Waals surface area contributed by atoms with Crippen molar-refractivity contribution < 1.29 is 4.74 Å². The monoisotopic (exact) mass is 262 g/mol. The van der Waals surface area contributed by atoms with E-state index in [4.69, 9.17) is 4.74 Å². The van der Waals surface area contributed by atoms with Gasteiger partial charge in [0.25, 0.3) is 0 Å². The first kappa shape index (κ1) is 12.7. The normalized spacial score (nSPS) is 16.5. The van der Waals surface area contributed by atoms with Gasteiger partial charge in [-0.15, -0.1) is 0 Å². The molecule has 20 heavy (non-hydrogen) atoms. The van der Waals surface area contributed by atoms with Crippen molar-refractivity contribution in [2.45, 2.75) is 12.8 Å². The predicted octanol–water partition coefficient (Wildman–Crippen LogP) is 4.91. The first-order valence-corrected chi connectivity index (χ1v) is 6.81.